The van der Waals surface area contributed by atoms with Crippen molar-refractivity contribution in [1.29, 1.82) is 0 Å². The number of aromatic nitrogens is 2. The van der Waals surface area contributed by atoms with Crippen molar-refractivity contribution in [3.63, 3.8) is 0 Å². The number of nitrogens with zero attached hydrogens (tertiary/aromatic N) is 3. The molecule has 0 spiro atoms. The van der Waals surface area contributed by atoms with E-state index in [1.165, 1.54) is 31.1 Å². The number of hydrogen-bond donors (Lipinski definition) is 0. The lowest BCUT2D eigenvalue weighted by Gasteiger charge is -2.25. The van der Waals surface area contributed by atoms with Crippen LogP contribution in [0.3, 0.4) is 0 Å². The Bertz CT molecular complexity index is 325. The van der Waals surface area contributed by atoms with Crippen molar-refractivity contribution in [3.05, 3.63) is 0 Å². The predicted molar refractivity (Wildman–Crippen MR) is 80.8 cm³/mol. The molecular formula is C10H17N3S4. The van der Waals surface area contributed by atoms with Gasteiger partial charge >= 0.3 is 0 Å². The molecule has 0 unspecified atom stereocenters. The highest BCUT2D eigenvalue weighted by Crippen LogP contribution is 2.28. The van der Waals surface area contributed by atoms with E-state index in [4.69, 9.17) is 0 Å². The van der Waals surface area contributed by atoms with E-state index in [9.17, 15) is 0 Å². The van der Waals surface area contributed by atoms with Gasteiger partial charge in [-0.1, -0.05) is 41.8 Å². The van der Waals surface area contributed by atoms with E-state index in [0.717, 1.165) is 20.2 Å². The second kappa shape index (κ2) is 7.89. The van der Waals surface area contributed by atoms with Gasteiger partial charge in [0.1, 0.15) is 0 Å². The highest BCUT2D eigenvalue weighted by atomic mass is 32.2. The van der Waals surface area contributed by atoms with Crippen LogP contribution in [0.5, 0.6) is 0 Å². The number of thioether (sulfide) groups is 3. The molecular weight excluding hydrogens is 290 g/mol. The average Bonchev–Trinajstić information content (AvgIpc) is 2.79. The average molecular weight is 308 g/mol. The summed E-state index contributed by atoms with van der Waals surface area (Å²) >= 11 is 7.41. The third-order valence-corrected chi connectivity index (χ3v) is 6.39. The van der Waals surface area contributed by atoms with Crippen molar-refractivity contribution in [3.8, 4) is 0 Å². The Morgan fingerprint density at radius 1 is 1.18 bits per heavy atom. The molecule has 0 aromatic carbocycles. The van der Waals surface area contributed by atoms with Crippen molar-refractivity contribution < 1.29 is 0 Å². The molecule has 0 bridgehead atoms. The summed E-state index contributed by atoms with van der Waals surface area (Å²) in [5.41, 5.74) is 0. The standard InChI is InChI=1S/C10H17N3S4/c1-2-15-9-11-12-10(17-9)16-8-5-13-3-6-14-7-4-13/h2-8H2,1H3. The molecule has 1 saturated heterocycles. The maximum absolute atomic E-state index is 4.21. The van der Waals surface area contributed by atoms with Gasteiger partial charge in [0, 0.05) is 36.9 Å². The summed E-state index contributed by atoms with van der Waals surface area (Å²) in [6.07, 6.45) is 0. The lowest BCUT2D eigenvalue weighted by molar-refractivity contribution is 0.322. The molecule has 0 aliphatic carbocycles. The molecule has 0 N–H and O–H groups in total. The van der Waals surface area contributed by atoms with Crippen molar-refractivity contribution in [1.82, 2.24) is 15.1 Å². The quantitative estimate of drug-likeness (QED) is 0.751. The predicted octanol–water partition coefficient (Wildman–Crippen LogP) is 2.79. The van der Waals surface area contributed by atoms with E-state index < -0.39 is 0 Å². The Balaban J connectivity index is 1.66. The fourth-order valence-corrected chi connectivity index (χ4v) is 5.49. The fourth-order valence-electron chi connectivity index (χ4n) is 1.52. The minimum Gasteiger partial charge on any atom is -0.301 e. The smallest absolute Gasteiger partial charge is 0.175 e. The zero-order valence-electron chi connectivity index (χ0n) is 9.92. The minimum atomic E-state index is 1.07. The largest absolute Gasteiger partial charge is 0.301 e. The van der Waals surface area contributed by atoms with Gasteiger partial charge in [-0.05, 0) is 5.75 Å². The van der Waals surface area contributed by atoms with E-state index in [-0.39, 0.29) is 0 Å². The molecule has 0 saturated carbocycles. The molecule has 96 valence electrons. The number of hydrogen-bond acceptors (Lipinski definition) is 7. The van der Waals surface area contributed by atoms with Gasteiger partial charge in [-0.3, -0.25) is 0 Å². The van der Waals surface area contributed by atoms with Gasteiger partial charge in [-0.2, -0.15) is 11.8 Å². The van der Waals surface area contributed by atoms with Crippen LogP contribution in [-0.4, -0.2) is 57.7 Å². The summed E-state index contributed by atoms with van der Waals surface area (Å²) in [5, 5.41) is 8.37. The molecule has 1 aliphatic rings. The maximum atomic E-state index is 4.21. The molecule has 3 nitrogen and oxygen atoms in total. The van der Waals surface area contributed by atoms with Gasteiger partial charge in [0.25, 0.3) is 0 Å². The van der Waals surface area contributed by atoms with Crippen LogP contribution in [0.4, 0.5) is 0 Å². The second-order valence-electron chi connectivity index (χ2n) is 3.57. The van der Waals surface area contributed by atoms with Gasteiger partial charge in [-0.25, -0.2) is 0 Å². The third kappa shape index (κ3) is 4.98. The van der Waals surface area contributed by atoms with Gasteiger partial charge in [0.2, 0.25) is 0 Å². The Kier molecular flexibility index (Phi) is 6.49. The highest BCUT2D eigenvalue weighted by molar-refractivity contribution is 8.03. The van der Waals surface area contributed by atoms with Crippen LogP contribution in [-0.2, 0) is 0 Å². The van der Waals surface area contributed by atoms with Crippen LogP contribution in [0.1, 0.15) is 6.92 Å². The van der Waals surface area contributed by atoms with Crippen LogP contribution in [0.2, 0.25) is 0 Å². The van der Waals surface area contributed by atoms with E-state index in [1.54, 1.807) is 23.1 Å². The molecule has 0 atom stereocenters. The SMILES string of the molecule is CCSc1nnc(SCCN2CCSCC2)s1. The van der Waals surface area contributed by atoms with Gasteiger partial charge in [-0.15, -0.1) is 10.2 Å². The van der Waals surface area contributed by atoms with Crippen LogP contribution in [0, 0.1) is 0 Å². The summed E-state index contributed by atoms with van der Waals surface area (Å²) in [6, 6.07) is 0. The van der Waals surface area contributed by atoms with E-state index >= 15 is 0 Å². The molecule has 1 aromatic rings. The van der Waals surface area contributed by atoms with Gasteiger partial charge in [0.05, 0.1) is 0 Å². The normalized spacial score (nSPS) is 17.5. The summed E-state index contributed by atoms with van der Waals surface area (Å²) in [5.74, 6) is 4.79. The molecule has 1 aromatic heterocycles. The molecule has 2 heterocycles. The van der Waals surface area contributed by atoms with Crippen molar-refractivity contribution in [2.75, 3.05) is 42.6 Å². The van der Waals surface area contributed by atoms with Gasteiger partial charge in [0.15, 0.2) is 8.68 Å². The Labute approximate surface area is 120 Å². The van der Waals surface area contributed by atoms with E-state index in [1.807, 2.05) is 11.8 Å². The first-order valence-electron chi connectivity index (χ1n) is 5.77. The highest BCUT2D eigenvalue weighted by Gasteiger charge is 2.10. The summed E-state index contributed by atoms with van der Waals surface area (Å²) < 4.78 is 2.22. The molecule has 0 radical (unpaired) electrons. The van der Waals surface area contributed by atoms with Crippen LogP contribution < -0.4 is 0 Å². The lowest BCUT2D eigenvalue weighted by atomic mass is 10.5. The van der Waals surface area contributed by atoms with Crippen molar-refractivity contribution >= 4 is 46.6 Å². The Morgan fingerprint density at radius 3 is 2.59 bits per heavy atom. The zero-order chi connectivity index (χ0) is 11.9. The van der Waals surface area contributed by atoms with Crippen LogP contribution in [0.25, 0.3) is 0 Å². The van der Waals surface area contributed by atoms with E-state index in [0.29, 0.717) is 0 Å². The first-order valence-corrected chi connectivity index (χ1v) is 9.72. The van der Waals surface area contributed by atoms with Crippen LogP contribution >= 0.6 is 46.6 Å². The minimum absolute atomic E-state index is 1.07. The van der Waals surface area contributed by atoms with Crippen molar-refractivity contribution in [2.45, 2.75) is 15.6 Å². The zero-order valence-corrected chi connectivity index (χ0v) is 13.2. The van der Waals surface area contributed by atoms with Crippen molar-refractivity contribution in [2.24, 2.45) is 0 Å². The Morgan fingerprint density at radius 2 is 1.88 bits per heavy atom. The summed E-state index contributed by atoms with van der Waals surface area (Å²) in [6.45, 7) is 5.82. The molecule has 1 fully saturated rings. The number of rotatable bonds is 6. The first-order chi connectivity index (χ1) is 8.38. The monoisotopic (exact) mass is 307 g/mol. The fraction of sp³-hybridized carbons (Fsp3) is 0.800. The Hall–Kier alpha value is 0.570. The topological polar surface area (TPSA) is 29.0 Å². The van der Waals surface area contributed by atoms with Gasteiger partial charge < -0.3 is 4.90 Å². The molecule has 17 heavy (non-hydrogen) atoms. The lowest BCUT2D eigenvalue weighted by Crippen LogP contribution is -2.34. The summed E-state index contributed by atoms with van der Waals surface area (Å²) in [7, 11) is 0. The van der Waals surface area contributed by atoms with Crippen LogP contribution in [0.15, 0.2) is 8.68 Å². The maximum Gasteiger partial charge on any atom is 0.175 e. The van der Waals surface area contributed by atoms with E-state index in [2.05, 4.69) is 33.8 Å². The second-order valence-corrected chi connectivity index (χ2v) is 8.62. The summed E-state index contributed by atoms with van der Waals surface area (Å²) in [4.78, 5) is 2.55. The molecule has 0 amide bonds. The molecule has 1 aliphatic heterocycles. The molecule has 2 rings (SSSR count). The molecule has 7 heteroatoms. The third-order valence-electron chi connectivity index (χ3n) is 2.39. The first kappa shape index (κ1) is 14.0.